The van der Waals surface area contributed by atoms with Crippen LogP contribution in [0.15, 0.2) is 71.6 Å². The topological polar surface area (TPSA) is 48.0 Å². The summed E-state index contributed by atoms with van der Waals surface area (Å²) in [4.78, 5) is 14.8. The molecule has 1 heterocycles. The van der Waals surface area contributed by atoms with Crippen molar-refractivity contribution in [3.8, 4) is 11.5 Å². The number of methoxy groups -OCH3 is 3. The molecule has 0 saturated heterocycles. The Balaban J connectivity index is 1.80. The fraction of sp³-hybridized carbons (Fsp3) is 0.292. The van der Waals surface area contributed by atoms with Crippen LogP contribution in [0.5, 0.6) is 11.5 Å². The van der Waals surface area contributed by atoms with Gasteiger partial charge in [-0.15, -0.1) is 0 Å². The molecule has 5 nitrogen and oxygen atoms in total. The highest BCUT2D eigenvalue weighted by molar-refractivity contribution is 5.95. The molecule has 0 spiro atoms. The van der Waals surface area contributed by atoms with E-state index in [-0.39, 0.29) is 11.9 Å². The second-order valence-electron chi connectivity index (χ2n) is 7.15. The number of hydrogen-bond donors (Lipinski definition) is 0. The van der Waals surface area contributed by atoms with Crippen LogP contribution >= 0.6 is 0 Å². The van der Waals surface area contributed by atoms with Crippen LogP contribution < -0.4 is 14.4 Å². The van der Waals surface area contributed by atoms with Crippen molar-refractivity contribution >= 4 is 11.7 Å². The summed E-state index contributed by atoms with van der Waals surface area (Å²) in [6, 6.07) is 15.8. The summed E-state index contributed by atoms with van der Waals surface area (Å²) in [5, 5.41) is 0. The Morgan fingerprint density at radius 3 is 2.10 bits per heavy atom. The number of benzene rings is 2. The summed E-state index contributed by atoms with van der Waals surface area (Å²) in [6.07, 6.45) is 5.06. The molecular formula is C24H25NO4. The standard InChI is InChI=1S/C24H25NO4/c1-27-18-11-7-16(8-12-18)21-15-23(24(26)29-3)25(22-6-4-5-20(21)22)17-9-13-19(28-2)14-10-17/h7-15,21H,4-6H2,1-3H3. The fourth-order valence-corrected chi connectivity index (χ4v) is 4.22. The number of carbonyl (C=O) groups is 1. The minimum Gasteiger partial charge on any atom is -0.497 e. The Labute approximate surface area is 171 Å². The van der Waals surface area contributed by atoms with Crippen molar-refractivity contribution in [2.45, 2.75) is 25.2 Å². The van der Waals surface area contributed by atoms with Crippen molar-refractivity contribution in [2.24, 2.45) is 0 Å². The summed E-state index contributed by atoms with van der Waals surface area (Å²) >= 11 is 0. The zero-order chi connectivity index (χ0) is 20.4. The molecule has 1 atom stereocenters. The van der Waals surface area contributed by atoms with Gasteiger partial charge in [-0.2, -0.15) is 0 Å². The zero-order valence-corrected chi connectivity index (χ0v) is 17.0. The monoisotopic (exact) mass is 391 g/mol. The van der Waals surface area contributed by atoms with Crippen molar-refractivity contribution in [1.29, 1.82) is 0 Å². The van der Waals surface area contributed by atoms with Gasteiger partial charge in [0.25, 0.3) is 0 Å². The molecule has 2 aromatic rings. The van der Waals surface area contributed by atoms with Gasteiger partial charge >= 0.3 is 5.97 Å². The molecule has 0 N–H and O–H groups in total. The number of ether oxygens (including phenoxy) is 3. The highest BCUT2D eigenvalue weighted by Crippen LogP contribution is 2.46. The second-order valence-corrected chi connectivity index (χ2v) is 7.15. The van der Waals surface area contributed by atoms with Gasteiger partial charge in [0.15, 0.2) is 0 Å². The minimum absolute atomic E-state index is 0.0574. The first-order valence-electron chi connectivity index (χ1n) is 9.76. The fourth-order valence-electron chi connectivity index (χ4n) is 4.22. The van der Waals surface area contributed by atoms with Crippen molar-refractivity contribution in [3.05, 3.63) is 77.1 Å². The molecule has 1 aliphatic carbocycles. The molecule has 2 aliphatic rings. The zero-order valence-electron chi connectivity index (χ0n) is 17.0. The number of rotatable bonds is 5. The van der Waals surface area contributed by atoms with Gasteiger partial charge in [-0.05, 0) is 72.9 Å². The van der Waals surface area contributed by atoms with E-state index < -0.39 is 0 Å². The molecule has 29 heavy (non-hydrogen) atoms. The number of esters is 1. The summed E-state index contributed by atoms with van der Waals surface area (Å²) in [5.74, 6) is 1.33. The average molecular weight is 391 g/mol. The minimum atomic E-state index is -0.335. The second kappa shape index (κ2) is 8.03. The molecule has 5 heteroatoms. The number of nitrogens with zero attached hydrogens (tertiary/aromatic N) is 1. The average Bonchev–Trinajstić information content (AvgIpc) is 3.27. The van der Waals surface area contributed by atoms with Crippen molar-refractivity contribution in [1.82, 2.24) is 0 Å². The highest BCUT2D eigenvalue weighted by Gasteiger charge is 2.36. The van der Waals surface area contributed by atoms with Crippen LogP contribution in [0.2, 0.25) is 0 Å². The van der Waals surface area contributed by atoms with E-state index in [1.807, 2.05) is 47.4 Å². The number of carbonyl (C=O) groups excluding carboxylic acids is 1. The quantitative estimate of drug-likeness (QED) is 0.685. The summed E-state index contributed by atoms with van der Waals surface area (Å²) in [6.45, 7) is 0. The molecule has 0 saturated carbocycles. The lowest BCUT2D eigenvalue weighted by Crippen LogP contribution is -2.31. The Hall–Kier alpha value is -3.21. The van der Waals surface area contributed by atoms with Gasteiger partial charge in [0.05, 0.1) is 21.3 Å². The lowest BCUT2D eigenvalue weighted by molar-refractivity contribution is -0.136. The third kappa shape index (κ3) is 3.48. The van der Waals surface area contributed by atoms with E-state index >= 15 is 0 Å². The van der Waals surface area contributed by atoms with Crippen molar-refractivity contribution in [2.75, 3.05) is 26.2 Å². The van der Waals surface area contributed by atoms with E-state index in [2.05, 4.69) is 12.1 Å². The van der Waals surface area contributed by atoms with E-state index in [1.165, 1.54) is 18.4 Å². The van der Waals surface area contributed by atoms with Gasteiger partial charge < -0.3 is 19.1 Å². The first kappa shape index (κ1) is 19.1. The first-order valence-corrected chi connectivity index (χ1v) is 9.76. The highest BCUT2D eigenvalue weighted by atomic mass is 16.5. The van der Waals surface area contributed by atoms with Crippen molar-refractivity contribution < 1.29 is 19.0 Å². The lowest BCUT2D eigenvalue weighted by atomic mass is 9.86. The van der Waals surface area contributed by atoms with Gasteiger partial charge in [0.1, 0.15) is 17.2 Å². The van der Waals surface area contributed by atoms with E-state index in [4.69, 9.17) is 14.2 Å². The molecule has 0 amide bonds. The molecule has 2 aromatic carbocycles. The van der Waals surface area contributed by atoms with Crippen LogP contribution in [0.25, 0.3) is 0 Å². The maximum Gasteiger partial charge on any atom is 0.354 e. The normalized spacial score (nSPS) is 18.2. The lowest BCUT2D eigenvalue weighted by Gasteiger charge is -2.34. The molecule has 0 bridgehead atoms. The number of anilines is 1. The van der Waals surface area contributed by atoms with E-state index in [1.54, 1.807) is 14.2 Å². The molecule has 1 aliphatic heterocycles. The Morgan fingerprint density at radius 1 is 0.897 bits per heavy atom. The van der Waals surface area contributed by atoms with Gasteiger partial charge in [0.2, 0.25) is 0 Å². The Morgan fingerprint density at radius 2 is 1.52 bits per heavy atom. The number of allylic oxidation sites excluding steroid dienone is 3. The van der Waals surface area contributed by atoms with Gasteiger partial charge in [-0.1, -0.05) is 12.1 Å². The van der Waals surface area contributed by atoms with E-state index in [0.29, 0.717) is 5.70 Å². The molecule has 0 fully saturated rings. The molecular weight excluding hydrogens is 366 g/mol. The summed E-state index contributed by atoms with van der Waals surface area (Å²) in [5.41, 5.74) is 5.19. The summed E-state index contributed by atoms with van der Waals surface area (Å²) < 4.78 is 15.7. The predicted molar refractivity (Wildman–Crippen MR) is 112 cm³/mol. The van der Waals surface area contributed by atoms with Gasteiger partial charge in [-0.3, -0.25) is 0 Å². The largest absolute Gasteiger partial charge is 0.497 e. The van der Waals surface area contributed by atoms with Crippen molar-refractivity contribution in [3.63, 3.8) is 0 Å². The van der Waals surface area contributed by atoms with Crippen LogP contribution in [0, 0.1) is 0 Å². The van der Waals surface area contributed by atoms with E-state index in [0.717, 1.165) is 42.0 Å². The maximum atomic E-state index is 12.7. The molecule has 150 valence electrons. The summed E-state index contributed by atoms with van der Waals surface area (Å²) in [7, 11) is 4.73. The SMILES string of the molecule is COC(=O)C1=CC(c2ccc(OC)cc2)C2=C(CCC2)N1c1ccc(OC)cc1. The van der Waals surface area contributed by atoms with Gasteiger partial charge in [0, 0.05) is 17.3 Å². The molecule has 0 aromatic heterocycles. The number of hydrogen-bond acceptors (Lipinski definition) is 5. The third-order valence-electron chi connectivity index (χ3n) is 5.64. The predicted octanol–water partition coefficient (Wildman–Crippen LogP) is 4.80. The van der Waals surface area contributed by atoms with Crippen LogP contribution in [0.3, 0.4) is 0 Å². The van der Waals surface area contributed by atoms with E-state index in [9.17, 15) is 4.79 Å². The Kier molecular flexibility index (Phi) is 5.30. The van der Waals surface area contributed by atoms with Gasteiger partial charge in [-0.25, -0.2) is 4.79 Å². The molecule has 4 rings (SSSR count). The van der Waals surface area contributed by atoms with Crippen LogP contribution in [0.1, 0.15) is 30.7 Å². The Bertz CT molecular complexity index is 957. The molecule has 0 radical (unpaired) electrons. The van der Waals surface area contributed by atoms with Crippen LogP contribution in [0.4, 0.5) is 5.69 Å². The maximum absolute atomic E-state index is 12.7. The third-order valence-corrected chi connectivity index (χ3v) is 5.64. The smallest absolute Gasteiger partial charge is 0.354 e. The van der Waals surface area contributed by atoms with Crippen LogP contribution in [-0.2, 0) is 9.53 Å². The first-order chi connectivity index (χ1) is 14.2. The molecule has 1 unspecified atom stereocenters. The van der Waals surface area contributed by atoms with Crippen LogP contribution in [-0.4, -0.2) is 27.3 Å².